The summed E-state index contributed by atoms with van der Waals surface area (Å²) >= 11 is 0. The first kappa shape index (κ1) is 19.2. The van der Waals surface area contributed by atoms with Gasteiger partial charge in [0.05, 0.1) is 7.11 Å². The van der Waals surface area contributed by atoms with E-state index in [1.807, 2.05) is 12.1 Å². The van der Waals surface area contributed by atoms with Crippen molar-refractivity contribution in [2.24, 2.45) is 17.8 Å². The fraction of sp³-hybridized carbons (Fsp3) is 0.440. The van der Waals surface area contributed by atoms with E-state index in [4.69, 9.17) is 4.74 Å². The molecule has 0 saturated heterocycles. The smallest absolute Gasteiger partial charge is 0.165 e. The highest BCUT2D eigenvalue weighted by Gasteiger charge is 2.35. The lowest BCUT2D eigenvalue weighted by Crippen LogP contribution is -2.30. The number of fused-ring (bicyclic) bond motifs is 1. The number of methoxy groups -OCH3 is 1. The third-order valence-corrected chi connectivity index (χ3v) is 6.91. The number of hydrogen-bond donors (Lipinski definition) is 0. The Morgan fingerprint density at radius 1 is 0.893 bits per heavy atom. The van der Waals surface area contributed by atoms with E-state index in [1.54, 1.807) is 18.2 Å². The first-order valence-electron chi connectivity index (χ1n) is 10.3. The van der Waals surface area contributed by atoms with Crippen LogP contribution in [0.5, 0.6) is 5.75 Å². The molecule has 3 heteroatoms. The van der Waals surface area contributed by atoms with Crippen LogP contribution in [0.25, 0.3) is 11.1 Å². The summed E-state index contributed by atoms with van der Waals surface area (Å²) in [6, 6.07) is 10.1. The highest BCUT2D eigenvalue weighted by molar-refractivity contribution is 5.65. The SMILES string of the molecule is C=CC1CCC2CC(c3ccc(-c4ccc(OC)c(F)c4)cc3F)CCC2C1. The number of hydrogen-bond acceptors (Lipinski definition) is 1. The minimum Gasteiger partial charge on any atom is -0.494 e. The second-order valence-corrected chi connectivity index (χ2v) is 8.42. The van der Waals surface area contributed by atoms with Crippen LogP contribution in [0.2, 0.25) is 0 Å². The molecule has 2 aromatic rings. The topological polar surface area (TPSA) is 9.23 Å². The van der Waals surface area contributed by atoms with Crippen molar-refractivity contribution in [3.05, 3.63) is 66.3 Å². The highest BCUT2D eigenvalue weighted by Crippen LogP contribution is 2.48. The molecule has 0 aromatic heterocycles. The second-order valence-electron chi connectivity index (χ2n) is 8.42. The Labute approximate surface area is 166 Å². The third kappa shape index (κ3) is 3.72. The van der Waals surface area contributed by atoms with Crippen LogP contribution in [0, 0.1) is 29.4 Å². The average molecular weight is 382 g/mol. The zero-order valence-electron chi connectivity index (χ0n) is 16.5. The van der Waals surface area contributed by atoms with Crippen LogP contribution in [0.4, 0.5) is 8.78 Å². The second kappa shape index (κ2) is 8.06. The number of ether oxygens (including phenoxy) is 1. The summed E-state index contributed by atoms with van der Waals surface area (Å²) in [5.74, 6) is 2.04. The first-order valence-corrected chi connectivity index (χ1v) is 10.3. The van der Waals surface area contributed by atoms with E-state index in [9.17, 15) is 8.78 Å². The normalized spacial score (nSPS) is 27.1. The predicted octanol–water partition coefficient (Wildman–Crippen LogP) is 7.13. The third-order valence-electron chi connectivity index (χ3n) is 6.91. The maximum absolute atomic E-state index is 15.0. The van der Waals surface area contributed by atoms with Gasteiger partial charge in [0.15, 0.2) is 11.6 Å². The quantitative estimate of drug-likeness (QED) is 0.511. The van der Waals surface area contributed by atoms with Crippen LogP contribution in [0.3, 0.4) is 0 Å². The van der Waals surface area contributed by atoms with Crippen LogP contribution in [-0.4, -0.2) is 7.11 Å². The standard InChI is InChI=1S/C25H28F2O/c1-3-16-4-5-18-13-21(7-6-17(18)12-16)22-10-8-19(14-23(22)26)20-9-11-25(28-2)24(27)15-20/h3,8-11,14-18,21H,1,4-7,12-13H2,2H3. The summed E-state index contributed by atoms with van der Waals surface area (Å²) in [6.07, 6.45) is 9.16. The average Bonchev–Trinajstić information content (AvgIpc) is 2.72. The van der Waals surface area contributed by atoms with Crippen molar-refractivity contribution in [2.75, 3.05) is 7.11 Å². The van der Waals surface area contributed by atoms with Crippen molar-refractivity contribution in [1.82, 2.24) is 0 Å². The van der Waals surface area contributed by atoms with Crippen LogP contribution >= 0.6 is 0 Å². The van der Waals surface area contributed by atoms with Gasteiger partial charge in [0, 0.05) is 0 Å². The molecule has 2 aliphatic rings. The van der Waals surface area contributed by atoms with Crippen LogP contribution in [0.15, 0.2) is 49.1 Å². The van der Waals surface area contributed by atoms with Gasteiger partial charge in [-0.3, -0.25) is 0 Å². The van der Waals surface area contributed by atoms with E-state index in [2.05, 4.69) is 12.7 Å². The maximum Gasteiger partial charge on any atom is 0.165 e. The zero-order chi connectivity index (χ0) is 19.7. The Bertz CT molecular complexity index is 860. The Kier molecular flexibility index (Phi) is 5.52. The molecule has 148 valence electrons. The number of benzene rings is 2. The summed E-state index contributed by atoms with van der Waals surface area (Å²) in [5, 5.41) is 0. The van der Waals surface area contributed by atoms with E-state index in [0.717, 1.165) is 24.3 Å². The predicted molar refractivity (Wildman–Crippen MR) is 109 cm³/mol. The molecule has 0 N–H and O–H groups in total. The van der Waals surface area contributed by atoms with Crippen molar-refractivity contribution in [3.8, 4) is 16.9 Å². The van der Waals surface area contributed by atoms with Gasteiger partial charge in [0.25, 0.3) is 0 Å². The van der Waals surface area contributed by atoms with E-state index >= 15 is 0 Å². The van der Waals surface area contributed by atoms with E-state index in [1.165, 1.54) is 38.9 Å². The first-order chi connectivity index (χ1) is 13.6. The number of halogens is 2. The fourth-order valence-corrected chi connectivity index (χ4v) is 5.31. The minimum atomic E-state index is -0.432. The van der Waals surface area contributed by atoms with E-state index in [0.29, 0.717) is 28.9 Å². The molecule has 2 aromatic carbocycles. The van der Waals surface area contributed by atoms with Gasteiger partial charge in [-0.1, -0.05) is 24.3 Å². The van der Waals surface area contributed by atoms with Crippen LogP contribution in [0.1, 0.15) is 50.0 Å². The summed E-state index contributed by atoms with van der Waals surface area (Å²) < 4.78 is 33.9. The molecule has 0 spiro atoms. The summed E-state index contributed by atoms with van der Waals surface area (Å²) in [5.41, 5.74) is 2.18. The van der Waals surface area contributed by atoms with Crippen LogP contribution < -0.4 is 4.74 Å². The van der Waals surface area contributed by atoms with Gasteiger partial charge < -0.3 is 4.74 Å². The molecule has 0 amide bonds. The zero-order valence-corrected chi connectivity index (χ0v) is 16.5. The van der Waals surface area contributed by atoms with Gasteiger partial charge in [0.1, 0.15) is 5.82 Å². The van der Waals surface area contributed by atoms with Crippen molar-refractivity contribution >= 4 is 0 Å². The monoisotopic (exact) mass is 382 g/mol. The molecule has 2 saturated carbocycles. The molecule has 0 bridgehead atoms. The molecule has 2 aliphatic carbocycles. The molecule has 0 radical (unpaired) electrons. The largest absolute Gasteiger partial charge is 0.494 e. The van der Waals surface area contributed by atoms with Gasteiger partial charge in [-0.05, 0) is 97.1 Å². The van der Waals surface area contributed by atoms with Gasteiger partial charge in [0.2, 0.25) is 0 Å². The molecule has 4 atom stereocenters. The van der Waals surface area contributed by atoms with Gasteiger partial charge in [-0.2, -0.15) is 0 Å². The molecule has 0 aliphatic heterocycles. The Hall–Kier alpha value is -2.16. The van der Waals surface area contributed by atoms with Crippen molar-refractivity contribution in [3.63, 3.8) is 0 Å². The number of rotatable bonds is 4. The van der Waals surface area contributed by atoms with Gasteiger partial charge in [-0.15, -0.1) is 6.58 Å². The van der Waals surface area contributed by atoms with Crippen LogP contribution in [-0.2, 0) is 0 Å². The molecule has 2 fully saturated rings. The summed E-state index contributed by atoms with van der Waals surface area (Å²) in [6.45, 7) is 3.96. The lowest BCUT2D eigenvalue weighted by Gasteiger charge is -2.41. The maximum atomic E-state index is 15.0. The van der Waals surface area contributed by atoms with E-state index in [-0.39, 0.29) is 11.6 Å². The molecule has 28 heavy (non-hydrogen) atoms. The molecule has 1 nitrogen and oxygen atoms in total. The Morgan fingerprint density at radius 3 is 2.25 bits per heavy atom. The lowest BCUT2D eigenvalue weighted by molar-refractivity contribution is 0.132. The lowest BCUT2D eigenvalue weighted by atomic mass is 9.64. The number of allylic oxidation sites excluding steroid dienone is 1. The van der Waals surface area contributed by atoms with Crippen molar-refractivity contribution in [2.45, 2.75) is 44.4 Å². The fourth-order valence-electron chi connectivity index (χ4n) is 5.31. The van der Waals surface area contributed by atoms with E-state index < -0.39 is 5.82 Å². The molecule has 0 heterocycles. The molecule has 4 unspecified atom stereocenters. The summed E-state index contributed by atoms with van der Waals surface area (Å²) in [4.78, 5) is 0. The Morgan fingerprint density at radius 2 is 1.57 bits per heavy atom. The van der Waals surface area contributed by atoms with Crippen molar-refractivity contribution in [1.29, 1.82) is 0 Å². The highest BCUT2D eigenvalue weighted by atomic mass is 19.1. The molecular weight excluding hydrogens is 354 g/mol. The Balaban J connectivity index is 1.51. The minimum absolute atomic E-state index is 0.169. The van der Waals surface area contributed by atoms with Gasteiger partial charge >= 0.3 is 0 Å². The van der Waals surface area contributed by atoms with Gasteiger partial charge in [-0.25, -0.2) is 8.78 Å². The van der Waals surface area contributed by atoms with Crippen molar-refractivity contribution < 1.29 is 13.5 Å². The molecule has 4 rings (SSSR count). The molecular formula is C25H28F2O. The summed E-state index contributed by atoms with van der Waals surface area (Å²) in [7, 11) is 1.44.